The molecule has 0 radical (unpaired) electrons. The zero-order valence-corrected chi connectivity index (χ0v) is 27.4. The van der Waals surface area contributed by atoms with Gasteiger partial charge in [-0.1, -0.05) is 100 Å². The molecule has 0 unspecified atom stereocenters. The van der Waals surface area contributed by atoms with Gasteiger partial charge in [0.2, 0.25) is 0 Å². The van der Waals surface area contributed by atoms with Crippen LogP contribution in [0.4, 0.5) is 17.1 Å². The third-order valence-corrected chi connectivity index (χ3v) is 11.3. The van der Waals surface area contributed by atoms with Crippen LogP contribution < -0.4 is 14.4 Å². The van der Waals surface area contributed by atoms with Gasteiger partial charge in [-0.05, 0) is 86.5 Å². The molecule has 2 heterocycles. The molecule has 2 aliphatic carbocycles. The molecular formula is C42H35NO2S. The molecule has 0 saturated carbocycles. The van der Waals surface area contributed by atoms with Crippen molar-refractivity contribution in [2.45, 2.75) is 38.5 Å². The van der Waals surface area contributed by atoms with E-state index in [0.29, 0.717) is 13.2 Å². The maximum Gasteiger partial charge on any atom is 0.179 e. The number of hydrogen-bond acceptors (Lipinski definition) is 4. The van der Waals surface area contributed by atoms with E-state index in [9.17, 15) is 0 Å². The lowest BCUT2D eigenvalue weighted by atomic mass is 9.82. The van der Waals surface area contributed by atoms with Crippen LogP contribution in [0.1, 0.15) is 49.9 Å². The summed E-state index contributed by atoms with van der Waals surface area (Å²) in [5, 5.41) is 2.05. The smallest absolute Gasteiger partial charge is 0.179 e. The van der Waals surface area contributed by atoms with Gasteiger partial charge in [-0.3, -0.25) is 0 Å². The van der Waals surface area contributed by atoms with Crippen LogP contribution in [-0.4, -0.2) is 13.2 Å². The number of hydrogen-bond donors (Lipinski definition) is 0. The zero-order valence-electron chi connectivity index (χ0n) is 26.6. The molecule has 0 saturated heterocycles. The van der Waals surface area contributed by atoms with Gasteiger partial charge in [0, 0.05) is 33.3 Å². The SMILES string of the molecule is CC1(C)c2ccccc2-c2ccc(N(c3ccc(-c4scc5c4OCCO5)cc3)c3ccc4c(c3)C(C)(C)c3ccccc3-4)cc21. The van der Waals surface area contributed by atoms with Crippen LogP contribution in [0.3, 0.4) is 0 Å². The number of fused-ring (bicyclic) bond motifs is 7. The van der Waals surface area contributed by atoms with E-state index < -0.39 is 0 Å². The maximum atomic E-state index is 6.02. The average molecular weight is 618 g/mol. The molecule has 0 N–H and O–H groups in total. The van der Waals surface area contributed by atoms with E-state index in [-0.39, 0.29) is 10.8 Å². The van der Waals surface area contributed by atoms with Gasteiger partial charge in [-0.15, -0.1) is 11.3 Å². The van der Waals surface area contributed by atoms with E-state index in [1.165, 1.54) is 44.5 Å². The van der Waals surface area contributed by atoms with Gasteiger partial charge in [0.1, 0.15) is 13.2 Å². The highest BCUT2D eigenvalue weighted by atomic mass is 32.1. The van der Waals surface area contributed by atoms with Gasteiger partial charge in [0.05, 0.1) is 4.88 Å². The largest absolute Gasteiger partial charge is 0.485 e. The van der Waals surface area contributed by atoms with E-state index in [0.717, 1.165) is 39.0 Å². The van der Waals surface area contributed by atoms with E-state index in [2.05, 4.69) is 147 Å². The fraction of sp³-hybridized carbons (Fsp3) is 0.190. The quantitative estimate of drug-likeness (QED) is 0.196. The highest BCUT2D eigenvalue weighted by Gasteiger charge is 2.37. The second-order valence-electron chi connectivity index (χ2n) is 13.6. The molecule has 3 aliphatic rings. The van der Waals surface area contributed by atoms with Crippen LogP contribution in [0.15, 0.2) is 115 Å². The minimum Gasteiger partial charge on any atom is -0.485 e. The van der Waals surface area contributed by atoms with E-state index in [1.807, 2.05) is 0 Å². The van der Waals surface area contributed by atoms with Gasteiger partial charge in [0.15, 0.2) is 11.5 Å². The molecule has 4 heteroatoms. The number of thiophene rings is 1. The predicted molar refractivity (Wildman–Crippen MR) is 191 cm³/mol. The summed E-state index contributed by atoms with van der Waals surface area (Å²) in [6.07, 6.45) is 0. The van der Waals surface area contributed by atoms with Gasteiger partial charge < -0.3 is 14.4 Å². The summed E-state index contributed by atoms with van der Waals surface area (Å²) in [6.45, 7) is 10.6. The van der Waals surface area contributed by atoms with Gasteiger partial charge in [0.25, 0.3) is 0 Å². The molecule has 0 spiro atoms. The third-order valence-electron chi connectivity index (χ3n) is 10.3. The summed E-state index contributed by atoms with van der Waals surface area (Å²) in [6, 6.07) is 40.7. The molecule has 226 valence electrons. The Morgan fingerprint density at radius 2 is 1.04 bits per heavy atom. The van der Waals surface area contributed by atoms with Crippen molar-refractivity contribution < 1.29 is 9.47 Å². The minimum atomic E-state index is -0.0840. The Morgan fingerprint density at radius 1 is 0.543 bits per heavy atom. The van der Waals surface area contributed by atoms with E-state index in [4.69, 9.17) is 9.47 Å². The van der Waals surface area contributed by atoms with Crippen molar-refractivity contribution in [3.05, 3.63) is 137 Å². The van der Waals surface area contributed by atoms with Gasteiger partial charge >= 0.3 is 0 Å². The Hall–Kier alpha value is -4.80. The summed E-state index contributed by atoms with van der Waals surface area (Å²) in [4.78, 5) is 3.54. The Kier molecular flexibility index (Phi) is 5.89. The van der Waals surface area contributed by atoms with Crippen molar-refractivity contribution in [1.82, 2.24) is 0 Å². The highest BCUT2D eigenvalue weighted by molar-refractivity contribution is 7.14. The number of benzene rings is 5. The predicted octanol–water partition coefficient (Wildman–Crippen LogP) is 11.3. The Labute approximate surface area is 274 Å². The summed E-state index contributed by atoms with van der Waals surface area (Å²) in [5.74, 6) is 1.71. The third kappa shape index (κ3) is 3.89. The summed E-state index contributed by atoms with van der Waals surface area (Å²) in [5.41, 5.74) is 15.2. The number of rotatable bonds is 4. The van der Waals surface area contributed by atoms with Crippen LogP contribution >= 0.6 is 11.3 Å². The first-order valence-corrected chi connectivity index (χ1v) is 17.0. The van der Waals surface area contributed by atoms with Crippen molar-refractivity contribution in [1.29, 1.82) is 0 Å². The van der Waals surface area contributed by atoms with Gasteiger partial charge in [-0.2, -0.15) is 0 Å². The molecule has 0 fully saturated rings. The molecule has 1 aromatic heterocycles. The number of anilines is 3. The fourth-order valence-electron chi connectivity index (χ4n) is 7.93. The van der Waals surface area contributed by atoms with Crippen LogP contribution in [0, 0.1) is 0 Å². The lowest BCUT2D eigenvalue weighted by Gasteiger charge is -2.30. The van der Waals surface area contributed by atoms with Crippen LogP contribution in [-0.2, 0) is 10.8 Å². The molecular weight excluding hydrogens is 583 g/mol. The molecule has 1 aliphatic heterocycles. The molecule has 9 rings (SSSR count). The van der Waals surface area contributed by atoms with Crippen LogP contribution in [0.5, 0.6) is 11.5 Å². The monoisotopic (exact) mass is 617 g/mol. The zero-order chi connectivity index (χ0) is 31.2. The Balaban J connectivity index is 1.19. The number of nitrogens with zero attached hydrogens (tertiary/aromatic N) is 1. The van der Waals surface area contributed by atoms with Crippen LogP contribution in [0.25, 0.3) is 32.7 Å². The lowest BCUT2D eigenvalue weighted by molar-refractivity contribution is 0.174. The van der Waals surface area contributed by atoms with Gasteiger partial charge in [-0.25, -0.2) is 0 Å². The molecule has 6 aromatic rings. The first-order chi connectivity index (χ1) is 22.3. The number of ether oxygens (including phenoxy) is 2. The minimum absolute atomic E-state index is 0.0840. The van der Waals surface area contributed by atoms with Crippen molar-refractivity contribution in [2.24, 2.45) is 0 Å². The first-order valence-electron chi connectivity index (χ1n) is 16.1. The molecule has 3 nitrogen and oxygen atoms in total. The Bertz CT molecular complexity index is 2060. The maximum absolute atomic E-state index is 6.02. The van der Waals surface area contributed by atoms with Crippen molar-refractivity contribution >= 4 is 28.4 Å². The van der Waals surface area contributed by atoms with Crippen molar-refractivity contribution in [3.63, 3.8) is 0 Å². The lowest BCUT2D eigenvalue weighted by Crippen LogP contribution is -2.18. The normalized spacial score (nSPS) is 15.9. The summed E-state index contributed by atoms with van der Waals surface area (Å²) >= 11 is 1.68. The highest BCUT2D eigenvalue weighted by Crippen LogP contribution is 2.53. The summed E-state index contributed by atoms with van der Waals surface area (Å²) in [7, 11) is 0. The fourth-order valence-corrected chi connectivity index (χ4v) is 8.87. The van der Waals surface area contributed by atoms with Crippen molar-refractivity contribution in [3.8, 4) is 44.2 Å². The topological polar surface area (TPSA) is 21.7 Å². The molecule has 0 atom stereocenters. The molecule has 5 aromatic carbocycles. The van der Waals surface area contributed by atoms with E-state index >= 15 is 0 Å². The molecule has 46 heavy (non-hydrogen) atoms. The second kappa shape index (κ2) is 9.85. The Morgan fingerprint density at radius 3 is 1.63 bits per heavy atom. The molecule has 0 bridgehead atoms. The average Bonchev–Trinajstić information content (AvgIpc) is 3.69. The first kappa shape index (κ1) is 27.5. The van der Waals surface area contributed by atoms with Crippen LogP contribution in [0.2, 0.25) is 0 Å². The van der Waals surface area contributed by atoms with Crippen molar-refractivity contribution in [2.75, 3.05) is 18.1 Å². The second-order valence-corrected chi connectivity index (χ2v) is 14.5. The summed E-state index contributed by atoms with van der Waals surface area (Å²) < 4.78 is 11.9. The standard InChI is InChI=1S/C42H35NO2S/c1-41(2)34-11-7-5-9-30(34)32-19-17-28(23-36(32)41)43(27-15-13-26(14-16-27)40-39-38(25-46-40)44-21-22-45-39)29-18-20-33-31-10-6-8-12-35(31)42(3,4)37(33)24-29/h5-20,23-25H,21-22H2,1-4H3. The van der Waals surface area contributed by atoms with E-state index in [1.54, 1.807) is 11.3 Å². The molecule has 0 amide bonds.